The van der Waals surface area contributed by atoms with Gasteiger partial charge in [-0.15, -0.1) is 0 Å². The summed E-state index contributed by atoms with van der Waals surface area (Å²) in [6.07, 6.45) is 7.00. The number of aromatic nitrogens is 6. The van der Waals surface area contributed by atoms with Crippen molar-refractivity contribution in [3.8, 4) is 5.75 Å². The summed E-state index contributed by atoms with van der Waals surface area (Å²) < 4.78 is 9.39. The lowest BCUT2D eigenvalue weighted by Crippen LogP contribution is -2.46. The molecular formula is C35H35ClN10O3. The zero-order valence-electron chi connectivity index (χ0n) is 27.3. The number of carbonyl (C=O) groups is 2. The Morgan fingerprint density at radius 3 is 2.71 bits per heavy atom. The molecular weight excluding hydrogens is 644 g/mol. The first-order valence-electron chi connectivity index (χ1n) is 16.3. The molecule has 6 heterocycles. The molecule has 14 heteroatoms. The normalized spacial score (nSPS) is 19.8. The average molecular weight is 679 g/mol. The number of piperidine rings is 2. The second-order valence-corrected chi connectivity index (χ2v) is 13.2. The Labute approximate surface area is 286 Å². The van der Waals surface area contributed by atoms with Gasteiger partial charge < -0.3 is 20.3 Å². The number of rotatable bonds is 7. The standard InChI is InChI=1S/C35H35ClN10O3/c1-19-18-45(12-10-26(19)39-22-4-6-23-28(16-22)44(2)43-31(23)24-7-9-30(47)41-34(24)48)35-38-17-25(36)32(42-35)40-21-5-8-27-20(14-21)15-29(49-3)33-37-11-13-46(27)33/h4-6,8,11,13-17,19,24,26,39H,7,9-10,12,18H2,1-3H3,(H,38,40,42)(H,41,47,48)/t19-,24?,26-/m1/s1. The van der Waals surface area contributed by atoms with Crippen LogP contribution in [0.2, 0.25) is 5.02 Å². The summed E-state index contributed by atoms with van der Waals surface area (Å²) in [4.78, 5) is 40.2. The van der Waals surface area contributed by atoms with Crippen LogP contribution in [0.4, 0.5) is 23.1 Å². The number of aryl methyl sites for hydroxylation is 1. The Morgan fingerprint density at radius 1 is 1.04 bits per heavy atom. The summed E-state index contributed by atoms with van der Waals surface area (Å²) >= 11 is 6.58. The first-order chi connectivity index (χ1) is 23.7. The highest BCUT2D eigenvalue weighted by molar-refractivity contribution is 6.33. The van der Waals surface area contributed by atoms with Crippen LogP contribution >= 0.6 is 11.6 Å². The Balaban J connectivity index is 0.960. The Hall–Kier alpha value is -5.43. The maximum atomic E-state index is 12.5. The van der Waals surface area contributed by atoms with Gasteiger partial charge in [0.25, 0.3) is 0 Å². The van der Waals surface area contributed by atoms with Gasteiger partial charge in [-0.05, 0) is 61.2 Å². The lowest BCUT2D eigenvalue weighted by molar-refractivity contribution is -0.134. The fourth-order valence-corrected chi connectivity index (χ4v) is 7.22. The topological polar surface area (TPSA) is 144 Å². The lowest BCUT2D eigenvalue weighted by Gasteiger charge is -2.37. The molecule has 2 aliphatic rings. The van der Waals surface area contributed by atoms with Gasteiger partial charge >= 0.3 is 0 Å². The number of nitrogens with zero attached hydrogens (tertiary/aromatic N) is 7. The summed E-state index contributed by atoms with van der Waals surface area (Å²) in [6, 6.07) is 14.4. The molecule has 13 nitrogen and oxygen atoms in total. The van der Waals surface area contributed by atoms with Gasteiger partial charge in [-0.3, -0.25) is 24.0 Å². The van der Waals surface area contributed by atoms with Crippen molar-refractivity contribution in [3.63, 3.8) is 0 Å². The molecule has 2 saturated heterocycles. The van der Waals surface area contributed by atoms with Gasteiger partial charge in [-0.1, -0.05) is 18.5 Å². The number of anilines is 4. The van der Waals surface area contributed by atoms with Crippen molar-refractivity contribution in [3.05, 3.63) is 71.8 Å². The molecule has 2 amide bonds. The van der Waals surface area contributed by atoms with Crippen LogP contribution in [0, 0.1) is 5.92 Å². The summed E-state index contributed by atoms with van der Waals surface area (Å²) in [7, 11) is 3.52. The van der Waals surface area contributed by atoms with E-state index in [-0.39, 0.29) is 17.9 Å². The van der Waals surface area contributed by atoms with Crippen LogP contribution < -0.4 is 25.6 Å². The zero-order chi connectivity index (χ0) is 33.8. The van der Waals surface area contributed by atoms with Crippen molar-refractivity contribution < 1.29 is 14.3 Å². The Kier molecular flexibility index (Phi) is 7.70. The van der Waals surface area contributed by atoms with Crippen molar-refractivity contribution in [1.82, 2.24) is 34.4 Å². The van der Waals surface area contributed by atoms with Gasteiger partial charge in [0.05, 0.1) is 36.0 Å². The van der Waals surface area contributed by atoms with Crippen LogP contribution in [0.1, 0.15) is 37.8 Å². The number of imidazole rings is 1. The van der Waals surface area contributed by atoms with E-state index in [9.17, 15) is 9.59 Å². The highest BCUT2D eigenvalue weighted by atomic mass is 35.5. The monoisotopic (exact) mass is 678 g/mol. The minimum atomic E-state index is -0.430. The average Bonchev–Trinajstić information content (AvgIpc) is 3.71. The molecule has 6 aromatic rings. The molecule has 3 N–H and O–H groups in total. The van der Waals surface area contributed by atoms with Gasteiger partial charge in [0.2, 0.25) is 17.8 Å². The fourth-order valence-electron chi connectivity index (χ4n) is 7.08. The summed E-state index contributed by atoms with van der Waals surface area (Å²) in [6.45, 7) is 3.76. The van der Waals surface area contributed by atoms with E-state index in [1.54, 1.807) is 19.5 Å². The third-order valence-corrected chi connectivity index (χ3v) is 9.91. The van der Waals surface area contributed by atoms with E-state index in [1.807, 2.05) is 58.7 Å². The summed E-state index contributed by atoms with van der Waals surface area (Å²) in [5.74, 6) is 1.21. The summed E-state index contributed by atoms with van der Waals surface area (Å²) in [5.41, 5.74) is 5.26. The molecule has 3 atom stereocenters. The van der Waals surface area contributed by atoms with E-state index < -0.39 is 5.92 Å². The van der Waals surface area contributed by atoms with Gasteiger partial charge in [0.1, 0.15) is 5.02 Å². The predicted octanol–water partition coefficient (Wildman–Crippen LogP) is 5.42. The third-order valence-electron chi connectivity index (χ3n) is 9.64. The number of imide groups is 1. The highest BCUT2D eigenvalue weighted by Crippen LogP contribution is 2.34. The molecule has 0 radical (unpaired) electrons. The largest absolute Gasteiger partial charge is 0.493 e. The molecule has 8 rings (SSSR count). The van der Waals surface area contributed by atoms with Crippen molar-refractivity contribution in [2.75, 3.05) is 35.7 Å². The van der Waals surface area contributed by atoms with Gasteiger partial charge in [0.15, 0.2) is 17.2 Å². The molecule has 2 fully saturated rings. The number of hydrogen-bond donors (Lipinski definition) is 3. The Morgan fingerprint density at radius 2 is 1.90 bits per heavy atom. The zero-order valence-corrected chi connectivity index (χ0v) is 28.0. The first kappa shape index (κ1) is 30.9. The fraction of sp³-hybridized carbons (Fsp3) is 0.314. The minimum Gasteiger partial charge on any atom is -0.493 e. The number of halogens is 1. The molecule has 0 saturated carbocycles. The van der Waals surface area contributed by atoms with Crippen LogP contribution in [0.3, 0.4) is 0 Å². The molecule has 1 unspecified atom stereocenters. The van der Waals surface area contributed by atoms with E-state index in [4.69, 9.17) is 21.3 Å². The first-order valence-corrected chi connectivity index (χ1v) is 16.7. The van der Waals surface area contributed by atoms with Crippen LogP contribution in [0.5, 0.6) is 5.75 Å². The third kappa shape index (κ3) is 5.63. The van der Waals surface area contributed by atoms with E-state index in [0.29, 0.717) is 47.0 Å². The molecule has 0 aliphatic carbocycles. The van der Waals surface area contributed by atoms with Crippen LogP contribution in [0.25, 0.3) is 27.5 Å². The van der Waals surface area contributed by atoms with Crippen molar-refractivity contribution in [1.29, 1.82) is 0 Å². The number of methoxy groups -OCH3 is 1. The SMILES string of the molecule is COc1cc2cc(Nc3nc(N4CC[C@@H](Nc5ccc6c(C7CCC(=O)NC7=O)nn(C)c6c5)[C@H](C)C4)ncc3Cl)ccc2n2ccnc12. The van der Waals surface area contributed by atoms with Crippen molar-refractivity contribution in [2.24, 2.45) is 13.0 Å². The van der Waals surface area contributed by atoms with E-state index >= 15 is 0 Å². The maximum absolute atomic E-state index is 12.5. The Bertz CT molecular complexity index is 2270. The van der Waals surface area contributed by atoms with Crippen molar-refractivity contribution in [2.45, 2.75) is 38.1 Å². The van der Waals surface area contributed by atoms with Gasteiger partial charge in [-0.2, -0.15) is 10.1 Å². The molecule has 250 valence electrons. The molecule has 2 aromatic carbocycles. The quantitative estimate of drug-likeness (QED) is 0.187. The molecule has 49 heavy (non-hydrogen) atoms. The number of nitrogens with one attached hydrogen (secondary N) is 3. The number of ether oxygens (including phenoxy) is 1. The lowest BCUT2D eigenvalue weighted by atomic mass is 9.92. The molecule has 0 spiro atoms. The van der Waals surface area contributed by atoms with E-state index in [2.05, 4.69) is 48.9 Å². The van der Waals surface area contributed by atoms with Crippen molar-refractivity contribution >= 4 is 74.0 Å². The number of benzene rings is 2. The van der Waals surface area contributed by atoms with Crippen LogP contribution in [0.15, 0.2) is 61.1 Å². The van der Waals surface area contributed by atoms with Crippen LogP contribution in [-0.2, 0) is 16.6 Å². The number of hydrogen-bond acceptors (Lipinski definition) is 10. The second-order valence-electron chi connectivity index (χ2n) is 12.8. The number of pyridine rings is 1. The van der Waals surface area contributed by atoms with Gasteiger partial charge in [0, 0.05) is 67.1 Å². The highest BCUT2D eigenvalue weighted by Gasteiger charge is 2.32. The van der Waals surface area contributed by atoms with E-state index in [1.165, 1.54) is 0 Å². The predicted molar refractivity (Wildman–Crippen MR) is 189 cm³/mol. The smallest absolute Gasteiger partial charge is 0.235 e. The molecule has 4 aromatic heterocycles. The number of fused-ring (bicyclic) bond motifs is 4. The van der Waals surface area contributed by atoms with Crippen LogP contribution in [-0.4, -0.2) is 67.2 Å². The molecule has 2 aliphatic heterocycles. The summed E-state index contributed by atoms with van der Waals surface area (Å²) in [5, 5.41) is 16.6. The minimum absolute atomic E-state index is 0.229. The van der Waals surface area contributed by atoms with E-state index in [0.717, 1.165) is 58.3 Å². The molecule has 0 bridgehead atoms. The number of carbonyl (C=O) groups excluding carboxylic acids is 2. The van der Waals surface area contributed by atoms with Gasteiger partial charge in [-0.25, -0.2) is 9.97 Å². The maximum Gasteiger partial charge on any atom is 0.235 e. The number of amides is 2. The second kappa shape index (κ2) is 12.2.